The number of alkyl halides is 3. The maximum Gasteiger partial charge on any atom is 0.485 e. The molecule has 0 aliphatic heterocycles. The van der Waals surface area contributed by atoms with Gasteiger partial charge in [-0.25, -0.2) is 8.42 Å². The second-order valence-corrected chi connectivity index (χ2v) is 13.4. The Bertz CT molecular complexity index is 1960. The Labute approximate surface area is 268 Å². The highest BCUT2D eigenvalue weighted by molar-refractivity contribution is 7.97. The van der Waals surface area contributed by atoms with Gasteiger partial charge in [0.2, 0.25) is 4.90 Å². The summed E-state index contributed by atoms with van der Waals surface area (Å²) >= 11 is 0. The second-order valence-electron chi connectivity index (χ2n) is 10.0. The SMILES string of the molecule is O=S(=O)([O-])C(F)(F)F.c1ccc([S+](c2ccccc2)c2ccccc2OCOCCc2cc3ccccc3c3ccccc23)cc1. The van der Waals surface area contributed by atoms with Gasteiger partial charge in [-0.1, -0.05) is 103 Å². The molecule has 10 heteroatoms. The molecule has 6 aromatic carbocycles. The number of rotatable bonds is 9. The van der Waals surface area contributed by atoms with Gasteiger partial charge < -0.3 is 14.0 Å². The molecule has 0 spiro atoms. The van der Waals surface area contributed by atoms with Gasteiger partial charge in [0.15, 0.2) is 32.5 Å². The molecule has 6 rings (SSSR count). The monoisotopic (exact) mass is 662 g/mol. The summed E-state index contributed by atoms with van der Waals surface area (Å²) in [5.41, 5.74) is -4.35. The van der Waals surface area contributed by atoms with Crippen molar-refractivity contribution in [1.29, 1.82) is 0 Å². The van der Waals surface area contributed by atoms with Crippen molar-refractivity contribution in [1.82, 2.24) is 0 Å². The quantitative estimate of drug-likeness (QED) is 0.0387. The van der Waals surface area contributed by atoms with E-state index in [4.69, 9.17) is 22.4 Å². The van der Waals surface area contributed by atoms with Crippen LogP contribution in [0, 0.1) is 0 Å². The van der Waals surface area contributed by atoms with E-state index in [1.165, 1.54) is 36.9 Å². The predicted molar refractivity (Wildman–Crippen MR) is 174 cm³/mol. The Kier molecular flexibility index (Phi) is 10.6. The number of halogens is 3. The lowest BCUT2D eigenvalue weighted by molar-refractivity contribution is -0.0517. The van der Waals surface area contributed by atoms with Crippen LogP contribution in [0.3, 0.4) is 0 Å². The number of para-hydroxylation sites is 1. The van der Waals surface area contributed by atoms with Crippen molar-refractivity contribution in [3.63, 3.8) is 0 Å². The van der Waals surface area contributed by atoms with Gasteiger partial charge in [-0.15, -0.1) is 0 Å². The lowest BCUT2D eigenvalue weighted by atomic mass is 9.96. The highest BCUT2D eigenvalue weighted by Gasteiger charge is 2.37. The summed E-state index contributed by atoms with van der Waals surface area (Å²) < 4.78 is 71.2. The number of fused-ring (bicyclic) bond motifs is 3. The Morgan fingerprint density at radius 1 is 0.652 bits per heavy atom. The first-order chi connectivity index (χ1) is 22.1. The van der Waals surface area contributed by atoms with E-state index in [1.807, 2.05) is 12.1 Å². The molecule has 0 saturated carbocycles. The normalized spacial score (nSPS) is 11.8. The summed E-state index contributed by atoms with van der Waals surface area (Å²) in [6.07, 6.45) is 0.828. The summed E-state index contributed by atoms with van der Waals surface area (Å²) in [5, 5.41) is 5.13. The molecule has 0 atom stereocenters. The molecule has 0 aliphatic carbocycles. The van der Waals surface area contributed by atoms with Gasteiger partial charge in [0.25, 0.3) is 0 Å². The lowest BCUT2D eigenvalue weighted by Crippen LogP contribution is -2.21. The van der Waals surface area contributed by atoms with E-state index >= 15 is 0 Å². The molecule has 46 heavy (non-hydrogen) atoms. The van der Waals surface area contributed by atoms with Crippen LogP contribution in [0.2, 0.25) is 0 Å². The van der Waals surface area contributed by atoms with Crippen LogP contribution >= 0.6 is 0 Å². The minimum atomic E-state index is -6.09. The first-order valence-electron chi connectivity index (χ1n) is 14.2. The van der Waals surface area contributed by atoms with E-state index in [0.29, 0.717) is 6.61 Å². The molecule has 0 unspecified atom stereocenters. The highest BCUT2D eigenvalue weighted by Crippen LogP contribution is 2.36. The Morgan fingerprint density at radius 3 is 1.76 bits per heavy atom. The van der Waals surface area contributed by atoms with Crippen LogP contribution in [0.5, 0.6) is 5.75 Å². The molecule has 0 N–H and O–H groups in total. The van der Waals surface area contributed by atoms with Crippen LogP contribution in [0.4, 0.5) is 13.2 Å². The minimum Gasteiger partial charge on any atom is -0.741 e. The molecule has 6 aromatic rings. The van der Waals surface area contributed by atoms with Crippen molar-refractivity contribution in [3.8, 4) is 5.75 Å². The molecule has 0 fully saturated rings. The van der Waals surface area contributed by atoms with Gasteiger partial charge in [-0.2, -0.15) is 13.2 Å². The van der Waals surface area contributed by atoms with Crippen LogP contribution < -0.4 is 4.74 Å². The first-order valence-corrected chi connectivity index (χ1v) is 16.8. The molecule has 0 aliphatic rings. The largest absolute Gasteiger partial charge is 0.741 e. The maximum absolute atomic E-state index is 10.7. The van der Waals surface area contributed by atoms with Crippen LogP contribution in [-0.2, 0) is 32.2 Å². The fourth-order valence-corrected chi connectivity index (χ4v) is 7.11. The summed E-state index contributed by atoms with van der Waals surface area (Å²) in [5.74, 6) is 0.861. The number of hydrogen-bond acceptors (Lipinski definition) is 5. The molecular formula is C36H29F3O5S2. The molecule has 0 saturated heterocycles. The summed E-state index contributed by atoms with van der Waals surface area (Å²) in [4.78, 5) is 3.69. The predicted octanol–water partition coefficient (Wildman–Crippen LogP) is 8.74. The molecule has 236 valence electrons. The van der Waals surface area contributed by atoms with E-state index in [2.05, 4.69) is 127 Å². The zero-order chi connectivity index (χ0) is 32.6. The third kappa shape index (κ3) is 8.07. The Hall–Kier alpha value is -4.35. The first kappa shape index (κ1) is 33.0. The van der Waals surface area contributed by atoms with Crippen LogP contribution in [0.15, 0.2) is 154 Å². The van der Waals surface area contributed by atoms with Crippen molar-refractivity contribution in [2.24, 2.45) is 0 Å². The average Bonchev–Trinajstić information content (AvgIpc) is 3.06. The molecule has 0 heterocycles. The number of ether oxygens (including phenoxy) is 2. The highest BCUT2D eigenvalue weighted by atomic mass is 32.2. The van der Waals surface area contributed by atoms with Gasteiger partial charge >= 0.3 is 5.51 Å². The molecular weight excluding hydrogens is 634 g/mol. The fraction of sp³-hybridized carbons (Fsp3) is 0.111. The standard InChI is InChI=1S/C35H29O2S.CHF3O3S/c1-3-14-29(15-4-1)38(30-16-5-2-6-17-30)35-22-12-11-21-34(35)37-26-36-24-23-28-25-27-13-7-8-18-31(27)33-20-10-9-19-32(28)33;2-1(3,4)8(5,6)7/h1-22,25H,23-24,26H2;(H,5,6,7)/q+1;/p-1. The second kappa shape index (κ2) is 14.8. The van der Waals surface area contributed by atoms with Gasteiger partial charge in [-0.05, 0) is 69.9 Å². The van der Waals surface area contributed by atoms with Crippen molar-refractivity contribution >= 4 is 42.6 Å². The third-order valence-electron chi connectivity index (χ3n) is 6.98. The van der Waals surface area contributed by atoms with Crippen molar-refractivity contribution < 1.29 is 35.6 Å². The van der Waals surface area contributed by atoms with E-state index < -0.39 is 15.6 Å². The van der Waals surface area contributed by atoms with Gasteiger partial charge in [0.05, 0.1) is 6.61 Å². The van der Waals surface area contributed by atoms with E-state index in [-0.39, 0.29) is 17.7 Å². The third-order valence-corrected chi connectivity index (χ3v) is 9.81. The van der Waals surface area contributed by atoms with Crippen LogP contribution in [0.1, 0.15) is 5.56 Å². The Morgan fingerprint density at radius 2 is 1.15 bits per heavy atom. The number of hydrogen-bond donors (Lipinski definition) is 0. The van der Waals surface area contributed by atoms with Crippen molar-refractivity contribution in [2.75, 3.05) is 13.4 Å². The van der Waals surface area contributed by atoms with Gasteiger partial charge in [0.1, 0.15) is 10.9 Å². The van der Waals surface area contributed by atoms with Crippen LogP contribution in [-0.4, -0.2) is 31.9 Å². The molecule has 0 amide bonds. The zero-order valence-electron chi connectivity index (χ0n) is 24.4. The van der Waals surface area contributed by atoms with Crippen LogP contribution in [0.25, 0.3) is 21.5 Å². The maximum atomic E-state index is 10.7. The number of benzene rings is 6. The van der Waals surface area contributed by atoms with Crippen molar-refractivity contribution in [2.45, 2.75) is 26.6 Å². The molecule has 0 radical (unpaired) electrons. The average molecular weight is 663 g/mol. The summed E-state index contributed by atoms with van der Waals surface area (Å²) in [6, 6.07) is 49.1. The van der Waals surface area contributed by atoms with Gasteiger partial charge in [0, 0.05) is 0 Å². The molecule has 0 bridgehead atoms. The lowest BCUT2D eigenvalue weighted by Gasteiger charge is -2.14. The minimum absolute atomic E-state index is 0.212. The topological polar surface area (TPSA) is 75.7 Å². The summed E-state index contributed by atoms with van der Waals surface area (Å²) in [7, 11) is -6.36. The summed E-state index contributed by atoms with van der Waals surface area (Å²) in [6.45, 7) is 0.802. The molecule has 0 aromatic heterocycles. The van der Waals surface area contributed by atoms with E-state index in [9.17, 15) is 13.2 Å². The smallest absolute Gasteiger partial charge is 0.485 e. The zero-order valence-corrected chi connectivity index (χ0v) is 26.0. The van der Waals surface area contributed by atoms with Gasteiger partial charge in [-0.3, -0.25) is 0 Å². The van der Waals surface area contributed by atoms with E-state index in [1.54, 1.807) is 0 Å². The Balaban J connectivity index is 0.000000463. The fourth-order valence-electron chi connectivity index (χ4n) is 4.93. The molecule has 5 nitrogen and oxygen atoms in total. The van der Waals surface area contributed by atoms with Crippen molar-refractivity contribution in [3.05, 3.63) is 145 Å². The van der Waals surface area contributed by atoms with E-state index in [0.717, 1.165) is 17.1 Å².